The Balaban J connectivity index is 1.39. The lowest BCUT2D eigenvalue weighted by Crippen LogP contribution is -2.32. The topological polar surface area (TPSA) is 59.7 Å². The lowest BCUT2D eigenvalue weighted by molar-refractivity contribution is 0.159. The third-order valence-electron chi connectivity index (χ3n) is 6.06. The normalized spacial score (nSPS) is 15.5. The van der Waals surface area contributed by atoms with Gasteiger partial charge in [-0.1, -0.05) is 35.5 Å². The highest BCUT2D eigenvalue weighted by Crippen LogP contribution is 2.28. The van der Waals surface area contributed by atoms with Gasteiger partial charge in [0.15, 0.2) is 0 Å². The fraction of sp³-hybridized carbons (Fsp3) is 0.346. The number of hydrogen-bond donors (Lipinski definition) is 0. The highest BCUT2D eigenvalue weighted by atomic mass is 19.1. The summed E-state index contributed by atoms with van der Waals surface area (Å²) in [7, 11) is 1.81. The lowest BCUT2D eigenvalue weighted by atomic mass is 9.90. The van der Waals surface area contributed by atoms with E-state index in [-0.39, 0.29) is 11.4 Å². The van der Waals surface area contributed by atoms with Gasteiger partial charge in [0.1, 0.15) is 18.1 Å². The van der Waals surface area contributed by atoms with Gasteiger partial charge in [-0.05, 0) is 62.0 Å². The number of aromatic nitrogens is 2. The van der Waals surface area contributed by atoms with Gasteiger partial charge < -0.3 is 9.40 Å². The third-order valence-corrected chi connectivity index (χ3v) is 6.06. The van der Waals surface area contributed by atoms with Crippen molar-refractivity contribution >= 4 is 5.71 Å². The summed E-state index contributed by atoms with van der Waals surface area (Å²) in [4.78, 5) is 23.5. The van der Waals surface area contributed by atoms with Crippen molar-refractivity contribution in [1.82, 2.24) is 14.5 Å². The van der Waals surface area contributed by atoms with Crippen molar-refractivity contribution in [3.63, 3.8) is 0 Å². The van der Waals surface area contributed by atoms with Crippen molar-refractivity contribution in [3.8, 4) is 0 Å². The predicted molar refractivity (Wildman–Crippen MR) is 127 cm³/mol. The molecule has 1 aliphatic heterocycles. The van der Waals surface area contributed by atoms with E-state index in [0.717, 1.165) is 38.0 Å². The van der Waals surface area contributed by atoms with Crippen LogP contribution in [0.25, 0.3) is 0 Å². The molecule has 3 aromatic rings. The number of likely N-dealkylation sites (tertiary alicyclic amines) is 1. The Bertz CT molecular complexity index is 1150. The van der Waals surface area contributed by atoms with Gasteiger partial charge in [0.2, 0.25) is 5.56 Å². The molecule has 2 aromatic heterocycles. The molecular weight excluding hydrogens is 419 g/mol. The maximum absolute atomic E-state index is 13.3. The summed E-state index contributed by atoms with van der Waals surface area (Å²) in [6, 6.07) is 14.8. The van der Waals surface area contributed by atoms with Crippen LogP contribution in [0.15, 0.2) is 70.9 Å². The van der Waals surface area contributed by atoms with E-state index in [4.69, 9.17) is 4.84 Å². The van der Waals surface area contributed by atoms with Gasteiger partial charge in [0.25, 0.3) is 0 Å². The molecule has 1 fully saturated rings. The Morgan fingerprint density at radius 1 is 1.12 bits per heavy atom. The van der Waals surface area contributed by atoms with Gasteiger partial charge in [-0.3, -0.25) is 14.7 Å². The molecule has 0 bridgehead atoms. The molecule has 0 N–H and O–H groups in total. The molecular formula is C26H29FN4O2. The van der Waals surface area contributed by atoms with Gasteiger partial charge >= 0.3 is 0 Å². The van der Waals surface area contributed by atoms with E-state index in [1.807, 2.05) is 31.3 Å². The largest absolute Gasteiger partial charge is 0.396 e. The molecule has 0 atom stereocenters. The van der Waals surface area contributed by atoms with E-state index >= 15 is 0 Å². The molecule has 1 aromatic carbocycles. The second-order valence-corrected chi connectivity index (χ2v) is 8.38. The van der Waals surface area contributed by atoms with Gasteiger partial charge in [0, 0.05) is 31.4 Å². The average molecular weight is 449 g/mol. The van der Waals surface area contributed by atoms with Gasteiger partial charge in [0.05, 0.1) is 11.9 Å². The van der Waals surface area contributed by atoms with Crippen LogP contribution in [0, 0.1) is 5.82 Å². The van der Waals surface area contributed by atoms with Crippen LogP contribution in [0.5, 0.6) is 0 Å². The molecule has 0 radical (unpaired) electrons. The number of hydrogen-bond acceptors (Lipinski definition) is 5. The number of pyridine rings is 2. The molecule has 1 saturated heterocycles. The SMILES string of the molecule is CCON=C(c1ccc(CN2CCC(c3ccc(=O)n(C)c3)CC2)cc1)c1ccc(F)cn1. The van der Waals surface area contributed by atoms with Crippen LogP contribution in [-0.4, -0.2) is 39.9 Å². The van der Waals surface area contributed by atoms with E-state index in [1.165, 1.54) is 23.4 Å². The molecule has 0 amide bonds. The highest BCUT2D eigenvalue weighted by Gasteiger charge is 2.21. The van der Waals surface area contributed by atoms with Gasteiger partial charge in [-0.2, -0.15) is 0 Å². The standard InChI is InChI=1S/C26H29FN4O2/c1-3-33-29-26(24-10-9-23(27)16-28-24)21-6-4-19(5-7-21)17-31-14-12-20(13-15-31)22-8-11-25(32)30(2)18-22/h4-11,16,18,20H,3,12-15,17H2,1-2H3. The molecule has 0 saturated carbocycles. The van der Waals surface area contributed by atoms with Crippen LogP contribution in [0.3, 0.4) is 0 Å². The van der Waals surface area contributed by atoms with Gasteiger partial charge in [-0.15, -0.1) is 0 Å². The van der Waals surface area contributed by atoms with E-state index in [9.17, 15) is 9.18 Å². The first-order chi connectivity index (χ1) is 16.0. The van der Waals surface area contributed by atoms with Crippen molar-refractivity contribution in [2.24, 2.45) is 12.2 Å². The zero-order chi connectivity index (χ0) is 23.2. The molecule has 33 heavy (non-hydrogen) atoms. The Kier molecular flexibility index (Phi) is 7.29. The fourth-order valence-electron chi connectivity index (χ4n) is 4.20. The maximum Gasteiger partial charge on any atom is 0.250 e. The van der Waals surface area contributed by atoms with Crippen LogP contribution in [0.1, 0.15) is 48.1 Å². The summed E-state index contributed by atoms with van der Waals surface area (Å²) < 4.78 is 14.9. The van der Waals surface area contributed by atoms with E-state index in [1.54, 1.807) is 23.7 Å². The highest BCUT2D eigenvalue weighted by molar-refractivity contribution is 6.11. The zero-order valence-corrected chi connectivity index (χ0v) is 19.1. The smallest absolute Gasteiger partial charge is 0.250 e. The molecule has 3 heterocycles. The molecule has 6 nitrogen and oxygen atoms in total. The van der Waals surface area contributed by atoms with Crippen molar-refractivity contribution in [2.75, 3.05) is 19.7 Å². The van der Waals surface area contributed by atoms with E-state index in [2.05, 4.69) is 27.2 Å². The Morgan fingerprint density at radius 2 is 1.88 bits per heavy atom. The number of piperidine rings is 1. The predicted octanol–water partition coefficient (Wildman–Crippen LogP) is 4.09. The van der Waals surface area contributed by atoms with Crippen molar-refractivity contribution < 1.29 is 9.23 Å². The number of rotatable bonds is 7. The first-order valence-corrected chi connectivity index (χ1v) is 11.3. The van der Waals surface area contributed by atoms with E-state index in [0.29, 0.717) is 23.9 Å². The van der Waals surface area contributed by atoms with Crippen molar-refractivity contribution in [3.05, 3.63) is 99.5 Å². The van der Waals surface area contributed by atoms with Crippen LogP contribution < -0.4 is 5.56 Å². The van der Waals surface area contributed by atoms with Crippen LogP contribution in [-0.2, 0) is 18.4 Å². The summed E-state index contributed by atoms with van der Waals surface area (Å²) in [6.07, 6.45) is 5.32. The van der Waals surface area contributed by atoms with Crippen LogP contribution in [0.2, 0.25) is 0 Å². The summed E-state index contributed by atoms with van der Waals surface area (Å²) in [5.74, 6) is 0.112. The number of benzene rings is 1. The molecule has 1 aliphatic rings. The lowest BCUT2D eigenvalue weighted by Gasteiger charge is -2.32. The van der Waals surface area contributed by atoms with E-state index < -0.39 is 0 Å². The van der Waals surface area contributed by atoms with Crippen molar-refractivity contribution in [1.29, 1.82) is 0 Å². The quantitative estimate of drug-likeness (QED) is 0.404. The minimum atomic E-state index is -0.384. The monoisotopic (exact) mass is 448 g/mol. The first kappa shape index (κ1) is 22.9. The molecule has 0 aliphatic carbocycles. The number of nitrogens with zero attached hydrogens (tertiary/aromatic N) is 4. The average Bonchev–Trinajstić information content (AvgIpc) is 2.84. The Hall–Kier alpha value is -3.32. The summed E-state index contributed by atoms with van der Waals surface area (Å²) in [5.41, 5.74) is 4.53. The number of aryl methyl sites for hydroxylation is 1. The molecule has 0 spiro atoms. The molecule has 4 rings (SSSR count). The summed E-state index contributed by atoms with van der Waals surface area (Å²) in [5, 5.41) is 4.21. The Labute approximate surface area is 193 Å². The van der Waals surface area contributed by atoms with Crippen LogP contribution >= 0.6 is 0 Å². The fourth-order valence-corrected chi connectivity index (χ4v) is 4.20. The van der Waals surface area contributed by atoms with Crippen LogP contribution in [0.4, 0.5) is 4.39 Å². The number of oxime groups is 1. The van der Waals surface area contributed by atoms with Gasteiger partial charge in [-0.25, -0.2) is 4.39 Å². The Morgan fingerprint density at radius 3 is 2.52 bits per heavy atom. The zero-order valence-electron chi connectivity index (χ0n) is 19.1. The molecule has 172 valence electrons. The maximum atomic E-state index is 13.3. The summed E-state index contributed by atoms with van der Waals surface area (Å²) in [6.45, 7) is 5.23. The van der Waals surface area contributed by atoms with Crippen molar-refractivity contribution in [2.45, 2.75) is 32.2 Å². The third kappa shape index (κ3) is 5.73. The summed E-state index contributed by atoms with van der Waals surface area (Å²) >= 11 is 0. The second kappa shape index (κ2) is 10.5. The first-order valence-electron chi connectivity index (χ1n) is 11.3. The minimum absolute atomic E-state index is 0.0318. The second-order valence-electron chi connectivity index (χ2n) is 8.38. The molecule has 0 unspecified atom stereocenters. The molecule has 7 heteroatoms. The minimum Gasteiger partial charge on any atom is -0.396 e. The number of halogens is 1.